The van der Waals surface area contributed by atoms with E-state index in [2.05, 4.69) is 11.4 Å². The molecule has 0 bridgehead atoms. The molecule has 6 heteroatoms. The van der Waals surface area contributed by atoms with Crippen LogP contribution in [0.5, 0.6) is 0 Å². The molecule has 0 amide bonds. The van der Waals surface area contributed by atoms with Crippen molar-refractivity contribution in [2.75, 3.05) is 6.26 Å². The minimum atomic E-state index is 0.481. The molecule has 3 rings (SSSR count). The van der Waals surface area contributed by atoms with Crippen molar-refractivity contribution in [2.45, 2.75) is 17.1 Å². The van der Waals surface area contributed by atoms with Gasteiger partial charge in [-0.15, -0.1) is 23.1 Å². The number of thiophene rings is 1. The summed E-state index contributed by atoms with van der Waals surface area (Å²) in [6.07, 6.45) is 5.78. The van der Waals surface area contributed by atoms with E-state index in [-0.39, 0.29) is 0 Å². The fraction of sp³-hybridized carbons (Fsp3) is 0.273. The van der Waals surface area contributed by atoms with E-state index in [0.29, 0.717) is 4.99 Å². The highest BCUT2D eigenvalue weighted by Gasteiger charge is 2.28. The Morgan fingerprint density at radius 1 is 1.59 bits per heavy atom. The Balaban J connectivity index is 2.29. The molecule has 3 nitrogen and oxygen atoms in total. The molecule has 0 fully saturated rings. The second kappa shape index (κ2) is 4.12. The Morgan fingerprint density at radius 2 is 2.41 bits per heavy atom. The summed E-state index contributed by atoms with van der Waals surface area (Å²) in [5, 5.41) is 3.89. The molecule has 2 aromatic heterocycles. The van der Waals surface area contributed by atoms with Crippen molar-refractivity contribution in [3.8, 4) is 11.3 Å². The summed E-state index contributed by atoms with van der Waals surface area (Å²) in [7, 11) is 0. The van der Waals surface area contributed by atoms with Gasteiger partial charge in [-0.3, -0.25) is 0 Å². The number of hydrogen-bond acceptors (Lipinski definition) is 5. The van der Waals surface area contributed by atoms with Gasteiger partial charge >= 0.3 is 0 Å². The van der Waals surface area contributed by atoms with Gasteiger partial charge in [0.25, 0.3) is 0 Å². The molecule has 0 atom stereocenters. The maximum absolute atomic E-state index is 5.79. The van der Waals surface area contributed by atoms with Crippen molar-refractivity contribution in [1.29, 1.82) is 0 Å². The minimum Gasteiger partial charge on any atom is -0.389 e. The van der Waals surface area contributed by atoms with Gasteiger partial charge in [-0.25, -0.2) is 0 Å². The normalized spacial score (nSPS) is 13.2. The molecular formula is C11H10N2OS3. The first-order valence-electron chi connectivity index (χ1n) is 5.15. The van der Waals surface area contributed by atoms with Gasteiger partial charge in [0.2, 0.25) is 0 Å². The van der Waals surface area contributed by atoms with Crippen LogP contribution in [0.3, 0.4) is 0 Å². The largest absolute Gasteiger partial charge is 0.389 e. The van der Waals surface area contributed by atoms with Crippen LogP contribution >= 0.6 is 35.3 Å². The van der Waals surface area contributed by atoms with E-state index in [1.807, 2.05) is 0 Å². The van der Waals surface area contributed by atoms with E-state index in [9.17, 15) is 0 Å². The highest BCUT2D eigenvalue weighted by atomic mass is 32.2. The van der Waals surface area contributed by atoms with Crippen LogP contribution in [0.25, 0.3) is 11.3 Å². The molecule has 2 N–H and O–H groups in total. The summed E-state index contributed by atoms with van der Waals surface area (Å²) >= 11 is 8.48. The van der Waals surface area contributed by atoms with Gasteiger partial charge in [-0.1, -0.05) is 17.4 Å². The number of rotatable bonds is 2. The van der Waals surface area contributed by atoms with Gasteiger partial charge < -0.3 is 10.3 Å². The van der Waals surface area contributed by atoms with Crippen LogP contribution in [0.2, 0.25) is 0 Å². The maximum Gasteiger partial charge on any atom is 0.172 e. The molecular weight excluding hydrogens is 272 g/mol. The molecule has 0 aliphatic heterocycles. The second-order valence-electron chi connectivity index (χ2n) is 3.82. The van der Waals surface area contributed by atoms with E-state index in [1.165, 1.54) is 15.3 Å². The van der Waals surface area contributed by atoms with E-state index in [0.717, 1.165) is 29.0 Å². The van der Waals surface area contributed by atoms with Gasteiger partial charge in [0.15, 0.2) is 5.76 Å². The zero-order valence-corrected chi connectivity index (χ0v) is 11.6. The summed E-state index contributed by atoms with van der Waals surface area (Å²) in [4.78, 5) is 1.51. The van der Waals surface area contributed by atoms with Crippen molar-refractivity contribution in [3.05, 3.63) is 22.2 Å². The number of thioether (sulfide) groups is 1. The lowest BCUT2D eigenvalue weighted by Gasteiger charge is -2.12. The number of aryl methyl sites for hydroxylation is 1. The van der Waals surface area contributed by atoms with Gasteiger partial charge in [0.05, 0.1) is 15.3 Å². The topological polar surface area (TPSA) is 52.0 Å². The Morgan fingerprint density at radius 3 is 3.12 bits per heavy atom. The second-order valence-corrected chi connectivity index (χ2v) is 6.36. The summed E-state index contributed by atoms with van der Waals surface area (Å²) < 4.78 is 6.59. The van der Waals surface area contributed by atoms with E-state index < -0.39 is 0 Å². The van der Waals surface area contributed by atoms with Crippen molar-refractivity contribution >= 4 is 40.3 Å². The van der Waals surface area contributed by atoms with Crippen molar-refractivity contribution in [2.24, 2.45) is 5.73 Å². The van der Waals surface area contributed by atoms with E-state index in [1.54, 1.807) is 29.3 Å². The van der Waals surface area contributed by atoms with Crippen molar-refractivity contribution < 1.29 is 4.52 Å². The van der Waals surface area contributed by atoms with Crippen molar-refractivity contribution in [3.63, 3.8) is 0 Å². The lowest BCUT2D eigenvalue weighted by molar-refractivity contribution is 0.430. The summed E-state index contributed by atoms with van der Waals surface area (Å²) in [6.45, 7) is 0. The third-order valence-corrected chi connectivity index (χ3v) is 5.62. The first-order valence-corrected chi connectivity index (χ1v) is 7.60. The Bertz CT molecular complexity index is 600. The number of fused-ring (bicyclic) bond motifs is 3. The minimum absolute atomic E-state index is 0.481. The summed E-state index contributed by atoms with van der Waals surface area (Å²) in [5.74, 6) is 0.898. The van der Waals surface area contributed by atoms with Crippen LogP contribution < -0.4 is 5.73 Å². The molecule has 1 aliphatic rings. The lowest BCUT2D eigenvalue weighted by atomic mass is 9.93. The molecule has 0 radical (unpaired) electrons. The molecule has 2 aromatic rings. The molecule has 0 spiro atoms. The number of hydrogen-bond donors (Lipinski definition) is 1. The number of thiocarbonyl (C=S) groups is 1. The van der Waals surface area contributed by atoms with Gasteiger partial charge in [-0.2, -0.15) is 0 Å². The molecule has 0 saturated carbocycles. The van der Waals surface area contributed by atoms with Crippen LogP contribution in [-0.2, 0) is 12.8 Å². The van der Waals surface area contributed by atoms with Crippen molar-refractivity contribution in [1.82, 2.24) is 5.16 Å². The van der Waals surface area contributed by atoms with E-state index >= 15 is 0 Å². The first kappa shape index (κ1) is 11.3. The number of nitrogens with two attached hydrogens (primary N) is 1. The Kier molecular flexibility index (Phi) is 2.72. The van der Waals surface area contributed by atoms with Crippen LogP contribution in [0.1, 0.15) is 16.0 Å². The fourth-order valence-corrected chi connectivity index (χ4v) is 4.34. The maximum atomic E-state index is 5.79. The Labute approximate surface area is 112 Å². The van der Waals surface area contributed by atoms with Crippen LogP contribution in [0.4, 0.5) is 0 Å². The van der Waals surface area contributed by atoms with Crippen LogP contribution in [0.15, 0.2) is 14.9 Å². The Hall–Kier alpha value is -0.850. The van der Waals surface area contributed by atoms with Gasteiger partial charge in [0.1, 0.15) is 4.99 Å². The quantitative estimate of drug-likeness (QED) is 0.678. The first-order chi connectivity index (χ1) is 8.22. The summed E-state index contributed by atoms with van der Waals surface area (Å²) in [6, 6.07) is 0. The standard InChI is InChI=1S/C11H10N2OS3/c1-16-11-7-6(9(17-11)10(12)15)3-2-5-4-13-14-8(5)7/h4H,2-3H2,1H3,(H2,12,15). The molecule has 17 heavy (non-hydrogen) atoms. The smallest absolute Gasteiger partial charge is 0.172 e. The van der Waals surface area contributed by atoms with Gasteiger partial charge in [0, 0.05) is 11.1 Å². The average Bonchev–Trinajstić information content (AvgIpc) is 2.91. The predicted molar refractivity (Wildman–Crippen MR) is 74.9 cm³/mol. The molecule has 0 aromatic carbocycles. The SMILES string of the molecule is CSc1sc(C(N)=S)c2c1-c1oncc1CC2. The van der Waals surface area contributed by atoms with Crippen LogP contribution in [0, 0.1) is 0 Å². The highest BCUT2D eigenvalue weighted by molar-refractivity contribution is 8.00. The third-order valence-electron chi connectivity index (χ3n) is 2.90. The summed E-state index contributed by atoms with van der Waals surface area (Å²) in [5.41, 5.74) is 9.36. The monoisotopic (exact) mass is 282 g/mol. The molecule has 0 saturated heterocycles. The zero-order valence-electron chi connectivity index (χ0n) is 9.15. The number of nitrogens with zero attached hydrogens (tertiary/aromatic N) is 1. The average molecular weight is 282 g/mol. The molecule has 1 aliphatic carbocycles. The fourth-order valence-electron chi connectivity index (χ4n) is 2.16. The lowest BCUT2D eigenvalue weighted by Crippen LogP contribution is -2.11. The number of aromatic nitrogens is 1. The molecule has 2 heterocycles. The molecule has 88 valence electrons. The highest BCUT2D eigenvalue weighted by Crippen LogP contribution is 2.46. The van der Waals surface area contributed by atoms with Gasteiger partial charge in [-0.05, 0) is 24.7 Å². The predicted octanol–water partition coefficient (Wildman–Crippen LogP) is 2.86. The zero-order chi connectivity index (χ0) is 12.0. The van der Waals surface area contributed by atoms with Crippen LogP contribution in [-0.4, -0.2) is 16.4 Å². The molecule has 0 unspecified atom stereocenters. The third kappa shape index (κ3) is 1.63. The van der Waals surface area contributed by atoms with E-state index in [4.69, 9.17) is 22.5 Å².